The maximum atomic E-state index is 11.3. The predicted octanol–water partition coefficient (Wildman–Crippen LogP) is 3.02. The van der Waals surface area contributed by atoms with E-state index in [0.29, 0.717) is 31.8 Å². The van der Waals surface area contributed by atoms with Crippen molar-refractivity contribution in [1.29, 1.82) is 0 Å². The molecule has 0 fully saturated rings. The third-order valence-corrected chi connectivity index (χ3v) is 3.51. The smallest absolute Gasteiger partial charge is 0.233 e. The van der Waals surface area contributed by atoms with Gasteiger partial charge in [0, 0.05) is 13.0 Å². The third kappa shape index (κ3) is 9.07. The second-order valence-electron chi connectivity index (χ2n) is 6.49. The minimum Gasteiger partial charge on any atom is -0.468 e. The average molecular weight is 374 g/mol. The number of ether oxygens (including phenoxy) is 3. The van der Waals surface area contributed by atoms with E-state index in [4.69, 9.17) is 30.6 Å². The molecule has 7 heteroatoms. The number of hydrogen-bond acceptors (Lipinski definition) is 5. The predicted molar refractivity (Wildman–Crippen MR) is 96.7 cm³/mol. The summed E-state index contributed by atoms with van der Waals surface area (Å²) in [4.78, 5) is 17.0. The Morgan fingerprint density at radius 3 is 2.40 bits per heavy atom. The number of carbonyl (C=O) groups excluding carboxylic acids is 1. The Bertz CT molecular complexity index is 489. The van der Waals surface area contributed by atoms with Crippen molar-refractivity contribution in [2.24, 2.45) is 0 Å². The highest BCUT2D eigenvalue weighted by molar-refractivity contribution is 6.18. The maximum absolute atomic E-state index is 11.3. The molecule has 0 bridgehead atoms. The summed E-state index contributed by atoms with van der Waals surface area (Å²) in [6.07, 6.45) is 1.26. The molecule has 0 saturated carbocycles. The van der Waals surface area contributed by atoms with Gasteiger partial charge in [-0.2, -0.15) is 0 Å². The number of hydroxylamine groups is 2. The first-order valence-corrected chi connectivity index (χ1v) is 8.70. The van der Waals surface area contributed by atoms with Crippen LogP contribution < -0.4 is 4.74 Å². The van der Waals surface area contributed by atoms with E-state index in [1.54, 1.807) is 7.11 Å². The lowest BCUT2D eigenvalue weighted by Crippen LogP contribution is -2.42. The molecule has 0 spiro atoms. The van der Waals surface area contributed by atoms with Crippen molar-refractivity contribution in [2.45, 2.75) is 38.8 Å². The standard InChI is InChI=1S/C18H28ClNO5/c1-18(2,3)25-20(13-21)16(12-19)11-15-5-7-17(8-6-15)24-14-23-10-9-22-4/h5-8,13,16H,9-12,14H2,1-4H3. The molecule has 0 saturated heterocycles. The molecular formula is C18H28ClNO5. The van der Waals surface area contributed by atoms with E-state index in [1.807, 2.05) is 45.0 Å². The monoisotopic (exact) mass is 373 g/mol. The highest BCUT2D eigenvalue weighted by atomic mass is 35.5. The first-order chi connectivity index (χ1) is 11.9. The van der Waals surface area contributed by atoms with Crippen molar-refractivity contribution in [3.8, 4) is 5.75 Å². The molecule has 142 valence electrons. The zero-order valence-corrected chi connectivity index (χ0v) is 16.1. The highest BCUT2D eigenvalue weighted by Gasteiger charge is 2.23. The van der Waals surface area contributed by atoms with Crippen molar-refractivity contribution in [3.63, 3.8) is 0 Å². The van der Waals surface area contributed by atoms with Gasteiger partial charge in [0.05, 0.1) is 24.9 Å². The summed E-state index contributed by atoms with van der Waals surface area (Å²) in [6, 6.07) is 7.34. The average Bonchev–Trinajstić information content (AvgIpc) is 2.58. The number of carbonyl (C=O) groups is 1. The summed E-state index contributed by atoms with van der Waals surface area (Å²) in [7, 11) is 1.62. The van der Waals surface area contributed by atoms with Gasteiger partial charge in [-0.25, -0.2) is 5.06 Å². The normalized spacial score (nSPS) is 12.7. The number of nitrogens with zero attached hydrogens (tertiary/aromatic N) is 1. The number of halogens is 1. The van der Waals surface area contributed by atoms with E-state index in [1.165, 1.54) is 5.06 Å². The lowest BCUT2D eigenvalue weighted by atomic mass is 10.1. The second kappa shape index (κ2) is 11.3. The number of alkyl halides is 1. The maximum Gasteiger partial charge on any atom is 0.233 e. The van der Waals surface area contributed by atoms with Crippen LogP contribution in [0.2, 0.25) is 0 Å². The van der Waals surface area contributed by atoms with Crippen molar-refractivity contribution < 1.29 is 23.8 Å². The molecule has 0 aliphatic heterocycles. The fourth-order valence-electron chi connectivity index (χ4n) is 2.02. The summed E-state index contributed by atoms with van der Waals surface area (Å²) < 4.78 is 15.6. The zero-order chi connectivity index (χ0) is 18.7. The van der Waals surface area contributed by atoms with Gasteiger partial charge >= 0.3 is 0 Å². The second-order valence-corrected chi connectivity index (χ2v) is 6.80. The molecule has 0 heterocycles. The molecule has 0 N–H and O–H groups in total. The number of methoxy groups -OCH3 is 1. The Morgan fingerprint density at radius 1 is 1.20 bits per heavy atom. The molecule has 0 aromatic heterocycles. The fraction of sp³-hybridized carbons (Fsp3) is 0.611. The molecular weight excluding hydrogens is 346 g/mol. The third-order valence-electron chi connectivity index (χ3n) is 3.16. The van der Waals surface area contributed by atoms with Crippen molar-refractivity contribution in [1.82, 2.24) is 5.06 Å². The van der Waals surface area contributed by atoms with Crippen LogP contribution in [-0.4, -0.2) is 56.1 Å². The minimum absolute atomic E-state index is 0.172. The molecule has 0 radical (unpaired) electrons. The van der Waals surface area contributed by atoms with Gasteiger partial charge < -0.3 is 14.2 Å². The first-order valence-electron chi connectivity index (χ1n) is 8.16. The fourth-order valence-corrected chi connectivity index (χ4v) is 2.26. The Labute approximate surface area is 154 Å². The lowest BCUT2D eigenvalue weighted by molar-refractivity contribution is -0.229. The summed E-state index contributed by atoms with van der Waals surface area (Å²) >= 11 is 6.03. The van der Waals surface area contributed by atoms with Crippen LogP contribution in [0.3, 0.4) is 0 Å². The van der Waals surface area contributed by atoms with Crippen molar-refractivity contribution in [3.05, 3.63) is 29.8 Å². The molecule has 1 atom stereocenters. The van der Waals surface area contributed by atoms with E-state index in [0.717, 1.165) is 5.56 Å². The molecule has 1 aromatic carbocycles. The number of benzene rings is 1. The largest absolute Gasteiger partial charge is 0.468 e. The molecule has 0 aliphatic carbocycles. The molecule has 1 rings (SSSR count). The Hall–Kier alpha value is -1.34. The first kappa shape index (κ1) is 21.7. The van der Waals surface area contributed by atoms with Crippen LogP contribution in [-0.2, 0) is 25.5 Å². The SMILES string of the molecule is COCCOCOc1ccc(CC(CCl)N(C=O)OC(C)(C)C)cc1. The highest BCUT2D eigenvalue weighted by Crippen LogP contribution is 2.18. The van der Waals surface area contributed by atoms with Gasteiger partial charge in [0.25, 0.3) is 0 Å². The lowest BCUT2D eigenvalue weighted by Gasteiger charge is -2.32. The van der Waals surface area contributed by atoms with Gasteiger partial charge in [-0.3, -0.25) is 9.63 Å². The molecule has 1 amide bonds. The van der Waals surface area contributed by atoms with Crippen LogP contribution in [0, 0.1) is 0 Å². The van der Waals surface area contributed by atoms with Crippen LogP contribution in [0.5, 0.6) is 5.75 Å². The number of hydrogen-bond donors (Lipinski definition) is 0. The Morgan fingerprint density at radius 2 is 1.88 bits per heavy atom. The van der Waals surface area contributed by atoms with Crippen LogP contribution in [0.15, 0.2) is 24.3 Å². The summed E-state index contributed by atoms with van der Waals surface area (Å²) in [5.74, 6) is 0.988. The molecule has 1 aromatic rings. The van der Waals surface area contributed by atoms with E-state index in [9.17, 15) is 4.79 Å². The molecule has 1 unspecified atom stereocenters. The molecule has 25 heavy (non-hydrogen) atoms. The van der Waals surface area contributed by atoms with E-state index in [-0.39, 0.29) is 18.7 Å². The van der Waals surface area contributed by atoms with E-state index < -0.39 is 5.60 Å². The summed E-state index contributed by atoms with van der Waals surface area (Å²) in [5.41, 5.74) is 0.564. The van der Waals surface area contributed by atoms with E-state index in [2.05, 4.69) is 0 Å². The van der Waals surface area contributed by atoms with Gasteiger partial charge in [-0.15, -0.1) is 11.6 Å². The summed E-state index contributed by atoms with van der Waals surface area (Å²) in [5, 5.41) is 1.29. The van der Waals surface area contributed by atoms with Gasteiger partial charge in [-0.1, -0.05) is 12.1 Å². The van der Waals surface area contributed by atoms with Crippen LogP contribution in [0.4, 0.5) is 0 Å². The van der Waals surface area contributed by atoms with Gasteiger partial charge in [0.15, 0.2) is 6.79 Å². The zero-order valence-electron chi connectivity index (χ0n) is 15.4. The van der Waals surface area contributed by atoms with Gasteiger partial charge in [0.2, 0.25) is 6.41 Å². The van der Waals surface area contributed by atoms with Crippen LogP contribution in [0.25, 0.3) is 0 Å². The molecule has 0 aliphatic rings. The number of rotatable bonds is 12. The quantitative estimate of drug-likeness (QED) is 0.185. The Kier molecular flexibility index (Phi) is 9.82. The topological polar surface area (TPSA) is 57.2 Å². The summed E-state index contributed by atoms with van der Waals surface area (Å²) in [6.45, 7) is 6.85. The van der Waals surface area contributed by atoms with Crippen molar-refractivity contribution in [2.75, 3.05) is 33.0 Å². The molecule has 6 nitrogen and oxygen atoms in total. The minimum atomic E-state index is -0.467. The van der Waals surface area contributed by atoms with Gasteiger partial charge in [-0.05, 0) is 44.9 Å². The van der Waals surface area contributed by atoms with Crippen LogP contribution >= 0.6 is 11.6 Å². The van der Waals surface area contributed by atoms with Crippen molar-refractivity contribution >= 4 is 18.0 Å². The van der Waals surface area contributed by atoms with Crippen LogP contribution in [0.1, 0.15) is 26.3 Å². The Balaban J connectivity index is 2.55. The number of amides is 1. The van der Waals surface area contributed by atoms with E-state index >= 15 is 0 Å². The van der Waals surface area contributed by atoms with Gasteiger partial charge in [0.1, 0.15) is 5.75 Å².